The van der Waals surface area contributed by atoms with Crippen molar-refractivity contribution in [3.05, 3.63) is 48.6 Å². The van der Waals surface area contributed by atoms with Crippen LogP contribution in [0.15, 0.2) is 43.0 Å². The first kappa shape index (κ1) is 26.1. The molecule has 2 N–H and O–H groups in total. The van der Waals surface area contributed by atoms with Crippen molar-refractivity contribution in [2.45, 2.75) is 77.6 Å². The zero-order chi connectivity index (χ0) is 25.5. The van der Waals surface area contributed by atoms with Gasteiger partial charge in [0.2, 0.25) is 0 Å². The van der Waals surface area contributed by atoms with Crippen molar-refractivity contribution in [2.24, 2.45) is 0 Å². The average molecular weight is 477 g/mol. The number of piperidine rings is 1. The molecule has 0 bridgehead atoms. The van der Waals surface area contributed by atoms with E-state index in [2.05, 4.69) is 68.4 Å². The van der Waals surface area contributed by atoms with Crippen molar-refractivity contribution in [3.8, 4) is 0 Å². The molecule has 0 spiro atoms. The Morgan fingerprint density at radius 2 is 1.74 bits per heavy atom. The van der Waals surface area contributed by atoms with Crippen LogP contribution in [0.3, 0.4) is 0 Å². The fraction of sp³-hybridized carbons (Fsp3) is 0.556. The Morgan fingerprint density at radius 1 is 1.11 bits per heavy atom. The summed E-state index contributed by atoms with van der Waals surface area (Å²) >= 11 is 0. The number of anilines is 2. The molecule has 0 amide bonds. The molecule has 188 valence electrons. The molecule has 2 aromatic rings. The van der Waals surface area contributed by atoms with Gasteiger partial charge in [0.15, 0.2) is 0 Å². The van der Waals surface area contributed by atoms with Gasteiger partial charge in [-0.25, -0.2) is 0 Å². The minimum atomic E-state index is -0.668. The summed E-state index contributed by atoms with van der Waals surface area (Å²) in [6.07, 6.45) is 5.24. The van der Waals surface area contributed by atoms with E-state index in [0.29, 0.717) is 19.7 Å². The second-order valence-corrected chi connectivity index (χ2v) is 11.5. The van der Waals surface area contributed by atoms with Crippen molar-refractivity contribution < 1.29 is 14.9 Å². The van der Waals surface area contributed by atoms with E-state index in [9.17, 15) is 10.0 Å². The van der Waals surface area contributed by atoms with Crippen molar-refractivity contribution >= 4 is 36.2 Å². The second-order valence-electron chi connectivity index (χ2n) is 11.5. The van der Waals surface area contributed by atoms with Crippen LogP contribution >= 0.6 is 0 Å². The summed E-state index contributed by atoms with van der Waals surface area (Å²) in [5.74, 6) is 0.117. The van der Waals surface area contributed by atoms with Gasteiger partial charge in [-0.2, -0.15) is 5.06 Å². The number of fused-ring (bicyclic) bond motifs is 3. The molecule has 0 radical (unpaired) electrons. The zero-order valence-electron chi connectivity index (χ0n) is 22.3. The second kappa shape index (κ2) is 9.81. The molecule has 35 heavy (non-hydrogen) atoms. The van der Waals surface area contributed by atoms with Crippen LogP contribution in [0.4, 0.5) is 11.4 Å². The van der Waals surface area contributed by atoms with Gasteiger partial charge in [-0.05, 0) is 77.6 Å². The van der Waals surface area contributed by atoms with Gasteiger partial charge < -0.3 is 19.7 Å². The molecule has 2 aliphatic heterocycles. The Balaban J connectivity index is 1.77. The van der Waals surface area contributed by atoms with E-state index >= 15 is 0 Å². The number of benzene rings is 2. The van der Waals surface area contributed by atoms with E-state index < -0.39 is 14.1 Å². The predicted octanol–water partition coefficient (Wildman–Crippen LogP) is 4.93. The Hall–Kier alpha value is -1.99. The number of hydrogen-bond donors (Lipinski definition) is 2. The SMILES string of the molecule is C=CCN(B(C)O)c1cc2c(c3ccccc13)C(CON1C(C)(C)CCCC1(C)C)CN2B(C)O. The lowest BCUT2D eigenvalue weighted by atomic mass is 9.82. The molecule has 0 aliphatic carbocycles. The maximum absolute atomic E-state index is 10.7. The van der Waals surface area contributed by atoms with Crippen molar-refractivity contribution in [1.82, 2.24) is 5.06 Å². The van der Waals surface area contributed by atoms with E-state index in [4.69, 9.17) is 4.84 Å². The van der Waals surface area contributed by atoms with Crippen LogP contribution in [0, 0.1) is 0 Å². The van der Waals surface area contributed by atoms with Crippen LogP contribution in [-0.4, -0.2) is 60.0 Å². The van der Waals surface area contributed by atoms with E-state index in [1.807, 2.05) is 17.7 Å². The van der Waals surface area contributed by atoms with Crippen LogP contribution in [0.25, 0.3) is 10.8 Å². The summed E-state index contributed by atoms with van der Waals surface area (Å²) in [6.45, 7) is 18.3. The van der Waals surface area contributed by atoms with Gasteiger partial charge in [0.25, 0.3) is 0 Å². The summed E-state index contributed by atoms with van der Waals surface area (Å²) in [5.41, 5.74) is 3.11. The van der Waals surface area contributed by atoms with Gasteiger partial charge in [0.05, 0.1) is 6.61 Å². The van der Waals surface area contributed by atoms with E-state index in [0.717, 1.165) is 35.0 Å². The Bertz CT molecular complexity index is 1060. The molecule has 1 fully saturated rings. The van der Waals surface area contributed by atoms with Crippen LogP contribution in [-0.2, 0) is 4.84 Å². The number of nitrogens with zero attached hydrogens (tertiary/aromatic N) is 3. The van der Waals surface area contributed by atoms with Crippen molar-refractivity contribution in [1.29, 1.82) is 0 Å². The lowest BCUT2D eigenvalue weighted by molar-refractivity contribution is -0.282. The monoisotopic (exact) mass is 477 g/mol. The normalized spacial score (nSPS) is 21.1. The molecule has 0 aromatic heterocycles. The first-order chi connectivity index (χ1) is 16.5. The number of hydroxylamine groups is 2. The minimum absolute atomic E-state index is 0.0263. The lowest BCUT2D eigenvalue weighted by Crippen LogP contribution is -2.58. The number of rotatable bonds is 8. The molecule has 4 rings (SSSR count). The molecule has 1 unspecified atom stereocenters. The summed E-state index contributed by atoms with van der Waals surface area (Å²) in [7, 11) is -1.30. The van der Waals surface area contributed by atoms with E-state index in [1.165, 1.54) is 12.0 Å². The summed E-state index contributed by atoms with van der Waals surface area (Å²) in [6, 6.07) is 10.5. The van der Waals surface area contributed by atoms with Gasteiger partial charge in [0.1, 0.15) is 0 Å². The van der Waals surface area contributed by atoms with Crippen LogP contribution in [0.5, 0.6) is 0 Å². The van der Waals surface area contributed by atoms with Gasteiger partial charge >= 0.3 is 14.1 Å². The highest BCUT2D eigenvalue weighted by atomic mass is 16.7. The maximum atomic E-state index is 10.7. The molecule has 2 aromatic carbocycles. The van der Waals surface area contributed by atoms with Gasteiger partial charge in [-0.15, -0.1) is 6.58 Å². The molecule has 6 nitrogen and oxygen atoms in total. The Morgan fingerprint density at radius 3 is 2.31 bits per heavy atom. The standard InChI is InChI=1S/C27H41B2N3O3/c1-8-16-30(28(6)33)23-17-24-25(22-13-10-9-12-21(22)23)20(18-31(24)29(7)34)19-35-32-26(2,3)14-11-15-27(32,4)5/h8-10,12-13,17,20,33-34H,1,11,14-16,18-19H2,2-7H3. The molecule has 1 saturated heterocycles. The minimum Gasteiger partial charge on any atom is -0.432 e. The van der Waals surface area contributed by atoms with Crippen LogP contribution in [0.1, 0.15) is 58.4 Å². The molecule has 8 heteroatoms. The van der Waals surface area contributed by atoms with Gasteiger partial charge in [0, 0.05) is 46.8 Å². The topological polar surface area (TPSA) is 59.4 Å². The quantitative estimate of drug-likeness (QED) is 0.416. The maximum Gasteiger partial charge on any atom is 0.409 e. The lowest BCUT2D eigenvalue weighted by Gasteiger charge is -2.51. The Kier molecular flexibility index (Phi) is 7.31. The first-order valence-corrected chi connectivity index (χ1v) is 13.0. The van der Waals surface area contributed by atoms with E-state index in [1.54, 1.807) is 12.9 Å². The highest BCUT2D eigenvalue weighted by Crippen LogP contribution is 2.46. The smallest absolute Gasteiger partial charge is 0.409 e. The molecule has 2 heterocycles. The van der Waals surface area contributed by atoms with Crippen LogP contribution < -0.4 is 9.62 Å². The average Bonchev–Trinajstić information content (AvgIpc) is 3.14. The summed E-state index contributed by atoms with van der Waals surface area (Å²) < 4.78 is 0. The Labute approximate surface area is 211 Å². The van der Waals surface area contributed by atoms with Gasteiger partial charge in [-0.3, -0.25) is 4.84 Å². The fourth-order valence-electron chi connectivity index (χ4n) is 6.27. The fourth-order valence-corrected chi connectivity index (χ4v) is 6.27. The first-order valence-electron chi connectivity index (χ1n) is 13.0. The molecule has 0 saturated carbocycles. The van der Waals surface area contributed by atoms with Crippen molar-refractivity contribution in [2.75, 3.05) is 29.3 Å². The summed E-state index contributed by atoms with van der Waals surface area (Å²) in [5, 5.41) is 25.7. The third kappa shape index (κ3) is 4.86. The highest BCUT2D eigenvalue weighted by Gasteiger charge is 2.44. The number of hydrogen-bond acceptors (Lipinski definition) is 6. The van der Waals surface area contributed by atoms with Gasteiger partial charge in [-0.1, -0.05) is 30.3 Å². The van der Waals surface area contributed by atoms with E-state index in [-0.39, 0.29) is 17.0 Å². The third-order valence-electron chi connectivity index (χ3n) is 7.80. The molecule has 2 aliphatic rings. The summed E-state index contributed by atoms with van der Waals surface area (Å²) in [4.78, 5) is 10.6. The molecule has 1 atom stereocenters. The largest absolute Gasteiger partial charge is 0.432 e. The molecular formula is C27H41B2N3O3. The third-order valence-corrected chi connectivity index (χ3v) is 7.80. The zero-order valence-corrected chi connectivity index (χ0v) is 22.3. The van der Waals surface area contributed by atoms with Crippen molar-refractivity contribution in [3.63, 3.8) is 0 Å². The predicted molar refractivity (Wildman–Crippen MR) is 149 cm³/mol. The van der Waals surface area contributed by atoms with Crippen LogP contribution in [0.2, 0.25) is 13.6 Å². The highest BCUT2D eigenvalue weighted by molar-refractivity contribution is 6.55. The molecular weight excluding hydrogens is 436 g/mol.